The second kappa shape index (κ2) is 9.74. The first-order valence-corrected chi connectivity index (χ1v) is 13.7. The Kier molecular flexibility index (Phi) is 6.74. The van der Waals surface area contributed by atoms with Crippen LogP contribution in [0.5, 0.6) is 0 Å². The second-order valence-electron chi connectivity index (χ2n) is 9.19. The molecule has 0 N–H and O–H groups in total. The van der Waals surface area contributed by atoms with Gasteiger partial charge in [-0.25, -0.2) is 0 Å². The summed E-state index contributed by atoms with van der Waals surface area (Å²) in [4.78, 5) is 2.56. The lowest BCUT2D eigenvalue weighted by Gasteiger charge is -2.40. The van der Waals surface area contributed by atoms with Gasteiger partial charge in [0.25, 0.3) is 0 Å². The van der Waals surface area contributed by atoms with Crippen LogP contribution >= 0.6 is 11.6 Å². The Morgan fingerprint density at radius 3 is 2.18 bits per heavy atom. The predicted molar refractivity (Wildman–Crippen MR) is 133 cm³/mol. The van der Waals surface area contributed by atoms with Crippen molar-refractivity contribution >= 4 is 27.5 Å². The van der Waals surface area contributed by atoms with Crippen molar-refractivity contribution in [1.82, 2.24) is 13.6 Å². The minimum absolute atomic E-state index is 0.118. The van der Waals surface area contributed by atoms with E-state index in [9.17, 15) is 8.42 Å². The van der Waals surface area contributed by atoms with E-state index in [4.69, 9.17) is 11.6 Å². The Balaban J connectivity index is 1.36. The predicted octanol–water partition coefficient (Wildman–Crippen LogP) is 4.34. The third kappa shape index (κ3) is 4.83. The first kappa shape index (κ1) is 22.8. The summed E-state index contributed by atoms with van der Waals surface area (Å²) in [5.74, 6) is -0.118. The van der Waals surface area contributed by atoms with E-state index in [0.717, 1.165) is 42.8 Å². The van der Waals surface area contributed by atoms with Crippen molar-refractivity contribution in [3.05, 3.63) is 70.7 Å². The fourth-order valence-corrected chi connectivity index (χ4v) is 6.90. The molecule has 3 aliphatic heterocycles. The fraction of sp³-hybridized carbons (Fsp3) is 0.480. The third-order valence-electron chi connectivity index (χ3n) is 7.15. The van der Waals surface area contributed by atoms with Gasteiger partial charge < -0.3 is 4.90 Å². The number of hydrazone groups is 1. The molecule has 2 aromatic carbocycles. The SMILES string of the molecule is O=S(=O)(N1CCC(N2CCCCC2)CC1)N1CC(c2ccccc2)C(c2ccc(Cl)cc2)=N1. The molecule has 6 nitrogen and oxygen atoms in total. The number of benzene rings is 2. The molecule has 5 rings (SSSR count). The Morgan fingerprint density at radius 2 is 1.52 bits per heavy atom. The first-order valence-electron chi connectivity index (χ1n) is 11.9. The van der Waals surface area contributed by atoms with Gasteiger partial charge in [0.15, 0.2) is 0 Å². The topological polar surface area (TPSA) is 56.2 Å². The Labute approximate surface area is 202 Å². The van der Waals surface area contributed by atoms with E-state index in [1.54, 1.807) is 4.31 Å². The zero-order valence-electron chi connectivity index (χ0n) is 18.8. The van der Waals surface area contributed by atoms with E-state index in [0.29, 0.717) is 30.7 Å². The highest BCUT2D eigenvalue weighted by Gasteiger charge is 2.40. The van der Waals surface area contributed by atoms with Crippen LogP contribution in [0.2, 0.25) is 5.02 Å². The molecule has 2 fully saturated rings. The van der Waals surface area contributed by atoms with E-state index >= 15 is 0 Å². The summed E-state index contributed by atoms with van der Waals surface area (Å²) in [6.07, 6.45) is 5.62. The summed E-state index contributed by atoms with van der Waals surface area (Å²) >= 11 is 6.09. The van der Waals surface area contributed by atoms with Gasteiger partial charge in [-0.05, 0) is 62.0 Å². The van der Waals surface area contributed by atoms with Crippen LogP contribution in [0.4, 0.5) is 0 Å². The van der Waals surface area contributed by atoms with Gasteiger partial charge in [-0.2, -0.15) is 22.2 Å². The van der Waals surface area contributed by atoms with Gasteiger partial charge in [-0.15, -0.1) is 0 Å². The molecule has 8 heteroatoms. The summed E-state index contributed by atoms with van der Waals surface area (Å²) < 4.78 is 30.1. The highest BCUT2D eigenvalue weighted by molar-refractivity contribution is 7.86. The minimum atomic E-state index is -3.67. The number of nitrogens with zero attached hydrogens (tertiary/aromatic N) is 4. The standard InChI is InChI=1S/C25H31ClN4O2S/c26-22-11-9-21(10-12-22)25-24(20-7-3-1-4-8-20)19-30(27-25)33(31,32)29-17-13-23(14-18-29)28-15-5-2-6-16-28/h1,3-4,7-12,23-24H,2,5-6,13-19H2. The second-order valence-corrected chi connectivity index (χ2v) is 11.5. The summed E-state index contributed by atoms with van der Waals surface area (Å²) in [6, 6.07) is 18.0. The molecule has 0 saturated carbocycles. The zero-order chi connectivity index (χ0) is 22.8. The van der Waals surface area contributed by atoms with Crippen LogP contribution in [0.25, 0.3) is 0 Å². The Morgan fingerprint density at radius 1 is 0.848 bits per heavy atom. The molecule has 33 heavy (non-hydrogen) atoms. The maximum atomic E-state index is 13.6. The Hall–Kier alpha value is -1.93. The normalized spacial score (nSPS) is 23.6. The van der Waals surface area contributed by atoms with Crippen LogP contribution in [0.1, 0.15) is 49.1 Å². The summed E-state index contributed by atoms with van der Waals surface area (Å²) in [7, 11) is -3.67. The van der Waals surface area contributed by atoms with Crippen molar-refractivity contribution in [3.8, 4) is 0 Å². The number of halogens is 1. The molecular formula is C25H31ClN4O2S. The highest BCUT2D eigenvalue weighted by atomic mass is 35.5. The van der Waals surface area contributed by atoms with E-state index in [-0.39, 0.29) is 5.92 Å². The molecule has 3 heterocycles. The summed E-state index contributed by atoms with van der Waals surface area (Å²) in [5.41, 5.74) is 2.73. The monoisotopic (exact) mass is 486 g/mol. The van der Waals surface area contributed by atoms with Gasteiger partial charge in [-0.3, -0.25) is 0 Å². The van der Waals surface area contributed by atoms with Crippen molar-refractivity contribution in [2.75, 3.05) is 32.7 Å². The summed E-state index contributed by atoms with van der Waals surface area (Å²) in [6.45, 7) is 3.73. The van der Waals surface area contributed by atoms with Gasteiger partial charge in [0.1, 0.15) is 0 Å². The molecule has 0 amide bonds. The van der Waals surface area contributed by atoms with Crippen LogP contribution in [0.15, 0.2) is 59.7 Å². The molecule has 1 atom stereocenters. The lowest BCUT2D eigenvalue weighted by Crippen LogP contribution is -2.50. The maximum Gasteiger partial charge on any atom is 0.318 e. The van der Waals surface area contributed by atoms with E-state index in [2.05, 4.69) is 10.0 Å². The minimum Gasteiger partial charge on any atom is -0.300 e. The van der Waals surface area contributed by atoms with Gasteiger partial charge in [0, 0.05) is 30.1 Å². The number of piperidine rings is 2. The fourth-order valence-electron chi connectivity index (χ4n) is 5.30. The highest BCUT2D eigenvalue weighted by Crippen LogP contribution is 2.32. The van der Waals surface area contributed by atoms with Crippen molar-refractivity contribution in [2.24, 2.45) is 5.10 Å². The largest absolute Gasteiger partial charge is 0.318 e. The van der Waals surface area contributed by atoms with Crippen molar-refractivity contribution in [1.29, 1.82) is 0 Å². The zero-order valence-corrected chi connectivity index (χ0v) is 20.4. The molecule has 0 spiro atoms. The average Bonchev–Trinajstić information content (AvgIpc) is 3.32. The molecule has 0 radical (unpaired) electrons. The Bertz CT molecular complexity index is 1080. The van der Waals surface area contributed by atoms with E-state index in [1.807, 2.05) is 54.6 Å². The number of hydrogen-bond donors (Lipinski definition) is 0. The maximum absolute atomic E-state index is 13.6. The molecule has 176 valence electrons. The van der Waals surface area contributed by atoms with Crippen LogP contribution in [-0.4, -0.2) is 66.5 Å². The van der Waals surface area contributed by atoms with Gasteiger partial charge in [0.2, 0.25) is 0 Å². The van der Waals surface area contributed by atoms with Crippen LogP contribution in [-0.2, 0) is 10.2 Å². The average molecular weight is 487 g/mol. The van der Waals surface area contributed by atoms with Crippen molar-refractivity contribution < 1.29 is 8.42 Å². The van der Waals surface area contributed by atoms with Crippen LogP contribution in [0, 0.1) is 0 Å². The smallest absolute Gasteiger partial charge is 0.300 e. The lowest BCUT2D eigenvalue weighted by molar-refractivity contribution is 0.116. The number of rotatable bonds is 5. The molecule has 2 saturated heterocycles. The molecule has 0 aromatic heterocycles. The third-order valence-corrected chi connectivity index (χ3v) is 9.19. The molecular weight excluding hydrogens is 456 g/mol. The van der Waals surface area contributed by atoms with E-state index in [1.165, 1.54) is 23.7 Å². The van der Waals surface area contributed by atoms with Crippen LogP contribution in [0.3, 0.4) is 0 Å². The van der Waals surface area contributed by atoms with Gasteiger partial charge in [-0.1, -0.05) is 60.5 Å². The molecule has 2 aromatic rings. The van der Waals surface area contributed by atoms with Gasteiger partial charge >= 0.3 is 10.2 Å². The number of hydrogen-bond acceptors (Lipinski definition) is 4. The molecule has 0 bridgehead atoms. The summed E-state index contributed by atoms with van der Waals surface area (Å²) in [5, 5.41) is 5.32. The van der Waals surface area contributed by atoms with Crippen molar-refractivity contribution in [2.45, 2.75) is 44.1 Å². The lowest BCUT2D eigenvalue weighted by atomic mass is 9.91. The molecule has 3 aliphatic rings. The van der Waals surface area contributed by atoms with Crippen LogP contribution < -0.4 is 0 Å². The quantitative estimate of drug-likeness (QED) is 0.631. The van der Waals surface area contributed by atoms with Crippen molar-refractivity contribution in [3.63, 3.8) is 0 Å². The van der Waals surface area contributed by atoms with Gasteiger partial charge in [0.05, 0.1) is 12.3 Å². The molecule has 0 aliphatic carbocycles. The van der Waals surface area contributed by atoms with E-state index < -0.39 is 10.2 Å². The number of likely N-dealkylation sites (tertiary alicyclic amines) is 1. The molecule has 1 unspecified atom stereocenters. The first-order chi connectivity index (χ1) is 16.0.